The van der Waals surface area contributed by atoms with E-state index in [1.807, 2.05) is 0 Å². The Bertz CT molecular complexity index is 471. The van der Waals surface area contributed by atoms with Gasteiger partial charge in [-0.3, -0.25) is 4.79 Å². The lowest BCUT2D eigenvalue weighted by molar-refractivity contribution is 0.346. The van der Waals surface area contributed by atoms with Gasteiger partial charge in [0.1, 0.15) is 0 Å². The summed E-state index contributed by atoms with van der Waals surface area (Å²) in [6, 6.07) is 0.253. The van der Waals surface area contributed by atoms with Gasteiger partial charge in [0, 0.05) is 38.1 Å². The fourth-order valence-corrected chi connectivity index (χ4v) is 2.74. The maximum absolute atomic E-state index is 12.4. The number of anilines is 1. The molecule has 0 spiro atoms. The van der Waals surface area contributed by atoms with Crippen LogP contribution in [0, 0.1) is 5.92 Å². The maximum Gasteiger partial charge on any atom is 0.293 e. The molecule has 2 rings (SSSR count). The zero-order valence-corrected chi connectivity index (χ0v) is 11.9. The lowest BCUT2D eigenvalue weighted by Gasteiger charge is -2.36. The van der Waals surface area contributed by atoms with Crippen LogP contribution in [0.2, 0.25) is 0 Å². The molecular weight excluding hydrogens is 240 g/mol. The predicted molar refractivity (Wildman–Crippen MR) is 77.4 cm³/mol. The second kappa shape index (κ2) is 6.19. The molecule has 0 amide bonds. The average molecular weight is 264 g/mol. The Balaban J connectivity index is 2.22. The highest BCUT2D eigenvalue weighted by molar-refractivity contribution is 5.36. The second-order valence-electron chi connectivity index (χ2n) is 5.32. The summed E-state index contributed by atoms with van der Waals surface area (Å²) in [5.74, 6) is 1.04. The van der Waals surface area contributed by atoms with Crippen LogP contribution in [0.25, 0.3) is 0 Å². The molecule has 19 heavy (non-hydrogen) atoms. The van der Waals surface area contributed by atoms with Crippen molar-refractivity contribution in [3.63, 3.8) is 0 Å². The Morgan fingerprint density at radius 1 is 1.47 bits per heavy atom. The zero-order valence-electron chi connectivity index (χ0n) is 11.9. The molecule has 1 aromatic rings. The lowest BCUT2D eigenvalue weighted by Crippen LogP contribution is -2.49. The van der Waals surface area contributed by atoms with Crippen LogP contribution in [0.3, 0.4) is 0 Å². The van der Waals surface area contributed by atoms with Crippen LogP contribution in [-0.4, -0.2) is 28.7 Å². The van der Waals surface area contributed by atoms with Gasteiger partial charge in [0.15, 0.2) is 5.82 Å². The van der Waals surface area contributed by atoms with Gasteiger partial charge < -0.3 is 15.2 Å². The topological polar surface area (TPSA) is 64.2 Å². The van der Waals surface area contributed by atoms with Gasteiger partial charge in [-0.2, -0.15) is 0 Å². The molecule has 1 fully saturated rings. The van der Waals surface area contributed by atoms with E-state index in [0.29, 0.717) is 11.7 Å². The van der Waals surface area contributed by atoms with E-state index in [9.17, 15) is 4.79 Å². The molecule has 0 aliphatic carbocycles. The minimum absolute atomic E-state index is 0.0228. The molecule has 2 unspecified atom stereocenters. The number of nitrogens with two attached hydrogens (primary N) is 1. The fourth-order valence-electron chi connectivity index (χ4n) is 2.74. The minimum atomic E-state index is 0.0228. The molecule has 1 saturated heterocycles. The first-order valence-corrected chi connectivity index (χ1v) is 7.23. The van der Waals surface area contributed by atoms with Gasteiger partial charge in [0.25, 0.3) is 5.56 Å². The number of aromatic nitrogens is 2. The summed E-state index contributed by atoms with van der Waals surface area (Å²) in [4.78, 5) is 18.8. The van der Waals surface area contributed by atoms with Crippen molar-refractivity contribution in [2.75, 3.05) is 18.0 Å². The summed E-state index contributed by atoms with van der Waals surface area (Å²) >= 11 is 0. The largest absolute Gasteiger partial charge is 0.352 e. The fraction of sp³-hybridized carbons (Fsp3) is 0.714. The minimum Gasteiger partial charge on any atom is -0.352 e. The molecule has 0 aromatic carbocycles. The molecule has 0 saturated carbocycles. The Morgan fingerprint density at radius 3 is 2.95 bits per heavy atom. The molecule has 5 heteroatoms. The van der Waals surface area contributed by atoms with E-state index in [-0.39, 0.29) is 11.6 Å². The third kappa shape index (κ3) is 2.97. The molecular formula is C14H24N4O. The van der Waals surface area contributed by atoms with Crippen molar-refractivity contribution in [2.24, 2.45) is 11.7 Å². The van der Waals surface area contributed by atoms with Crippen LogP contribution < -0.4 is 16.2 Å². The van der Waals surface area contributed by atoms with E-state index in [1.165, 1.54) is 0 Å². The van der Waals surface area contributed by atoms with Crippen LogP contribution in [0.5, 0.6) is 0 Å². The quantitative estimate of drug-likeness (QED) is 0.888. The van der Waals surface area contributed by atoms with Crippen molar-refractivity contribution < 1.29 is 0 Å². The summed E-state index contributed by atoms with van der Waals surface area (Å²) < 4.78 is 1.75. The molecule has 0 bridgehead atoms. The van der Waals surface area contributed by atoms with E-state index in [0.717, 1.165) is 38.9 Å². The number of rotatable bonds is 4. The van der Waals surface area contributed by atoms with Gasteiger partial charge in [0.05, 0.1) is 0 Å². The molecule has 0 radical (unpaired) electrons. The SMILES string of the molecule is CCCn1ccnc(N2CCC(N)C(CC)C2)c1=O. The molecule has 2 heterocycles. The van der Waals surface area contributed by atoms with Gasteiger partial charge in [-0.05, 0) is 18.8 Å². The lowest BCUT2D eigenvalue weighted by atomic mass is 9.91. The smallest absolute Gasteiger partial charge is 0.293 e. The molecule has 5 nitrogen and oxygen atoms in total. The van der Waals surface area contributed by atoms with Crippen molar-refractivity contribution in [3.05, 3.63) is 22.7 Å². The van der Waals surface area contributed by atoms with Gasteiger partial charge in [0.2, 0.25) is 0 Å². The first-order chi connectivity index (χ1) is 9.17. The summed E-state index contributed by atoms with van der Waals surface area (Å²) in [7, 11) is 0. The van der Waals surface area contributed by atoms with Gasteiger partial charge >= 0.3 is 0 Å². The van der Waals surface area contributed by atoms with Crippen LogP contribution in [-0.2, 0) is 6.54 Å². The van der Waals surface area contributed by atoms with Crippen LogP contribution in [0.4, 0.5) is 5.82 Å². The zero-order chi connectivity index (χ0) is 13.8. The predicted octanol–water partition coefficient (Wildman–Crippen LogP) is 1.22. The first-order valence-electron chi connectivity index (χ1n) is 7.23. The van der Waals surface area contributed by atoms with Crippen molar-refractivity contribution in [1.82, 2.24) is 9.55 Å². The number of aryl methyl sites for hydroxylation is 1. The standard InChI is InChI=1S/C14H24N4O/c1-3-7-17-9-6-16-13(14(17)19)18-8-5-12(15)11(4-2)10-18/h6,9,11-12H,3-5,7-8,10,15H2,1-2H3. The van der Waals surface area contributed by atoms with E-state index in [1.54, 1.807) is 17.0 Å². The Hall–Kier alpha value is -1.36. The van der Waals surface area contributed by atoms with E-state index < -0.39 is 0 Å². The molecule has 2 N–H and O–H groups in total. The molecule has 1 aliphatic heterocycles. The Labute approximate surface area is 114 Å². The van der Waals surface area contributed by atoms with Gasteiger partial charge in [-0.15, -0.1) is 0 Å². The highest BCUT2D eigenvalue weighted by atomic mass is 16.1. The maximum atomic E-state index is 12.4. The van der Waals surface area contributed by atoms with Gasteiger partial charge in [-0.1, -0.05) is 20.3 Å². The number of hydrogen-bond acceptors (Lipinski definition) is 4. The van der Waals surface area contributed by atoms with Crippen molar-refractivity contribution in [2.45, 2.75) is 45.7 Å². The molecule has 106 valence electrons. The Morgan fingerprint density at radius 2 is 2.26 bits per heavy atom. The van der Waals surface area contributed by atoms with Crippen LogP contribution >= 0.6 is 0 Å². The monoisotopic (exact) mass is 264 g/mol. The third-order valence-electron chi connectivity index (χ3n) is 3.98. The highest BCUT2D eigenvalue weighted by Crippen LogP contribution is 2.20. The summed E-state index contributed by atoms with van der Waals surface area (Å²) in [6.07, 6.45) is 6.42. The van der Waals surface area contributed by atoms with E-state index in [2.05, 4.69) is 23.7 Å². The highest BCUT2D eigenvalue weighted by Gasteiger charge is 2.27. The number of hydrogen-bond donors (Lipinski definition) is 1. The normalized spacial score (nSPS) is 23.6. The van der Waals surface area contributed by atoms with E-state index in [4.69, 9.17) is 5.73 Å². The summed E-state index contributed by atoms with van der Waals surface area (Å²) in [6.45, 7) is 6.65. The molecule has 1 aliphatic rings. The van der Waals surface area contributed by atoms with Crippen molar-refractivity contribution in [1.29, 1.82) is 0 Å². The molecule has 2 atom stereocenters. The summed E-state index contributed by atoms with van der Waals surface area (Å²) in [5, 5.41) is 0. The number of piperidine rings is 1. The third-order valence-corrected chi connectivity index (χ3v) is 3.98. The average Bonchev–Trinajstić information content (AvgIpc) is 2.42. The summed E-state index contributed by atoms with van der Waals surface area (Å²) in [5.41, 5.74) is 6.14. The Kier molecular flexibility index (Phi) is 4.58. The van der Waals surface area contributed by atoms with Crippen molar-refractivity contribution in [3.8, 4) is 0 Å². The van der Waals surface area contributed by atoms with E-state index >= 15 is 0 Å². The molecule has 1 aromatic heterocycles. The second-order valence-corrected chi connectivity index (χ2v) is 5.32. The van der Waals surface area contributed by atoms with Crippen LogP contribution in [0.1, 0.15) is 33.1 Å². The van der Waals surface area contributed by atoms with Crippen LogP contribution in [0.15, 0.2) is 17.2 Å². The number of nitrogens with zero attached hydrogens (tertiary/aromatic N) is 3. The van der Waals surface area contributed by atoms with Crippen molar-refractivity contribution >= 4 is 5.82 Å². The van der Waals surface area contributed by atoms with Gasteiger partial charge in [-0.25, -0.2) is 4.98 Å². The first kappa shape index (κ1) is 14.1.